The first-order chi connectivity index (χ1) is 9.31. The van der Waals surface area contributed by atoms with Gasteiger partial charge in [0.25, 0.3) is 0 Å². The number of pyridine rings is 1. The van der Waals surface area contributed by atoms with E-state index in [0.717, 1.165) is 17.0 Å². The van der Waals surface area contributed by atoms with Crippen LogP contribution in [-0.2, 0) is 5.41 Å². The van der Waals surface area contributed by atoms with Crippen molar-refractivity contribution in [1.82, 2.24) is 14.8 Å². The summed E-state index contributed by atoms with van der Waals surface area (Å²) in [7, 11) is 4.67. The Hall–Kier alpha value is -1.62. The van der Waals surface area contributed by atoms with E-state index in [1.54, 1.807) is 0 Å². The highest BCUT2D eigenvalue weighted by Gasteiger charge is 2.16. The van der Waals surface area contributed by atoms with Crippen LogP contribution in [0.1, 0.15) is 26.3 Å². The Bertz CT molecular complexity index is 596. The van der Waals surface area contributed by atoms with Crippen molar-refractivity contribution in [2.75, 3.05) is 19.0 Å². The van der Waals surface area contributed by atoms with Gasteiger partial charge in [0, 0.05) is 31.7 Å². The van der Waals surface area contributed by atoms with E-state index in [-0.39, 0.29) is 5.41 Å². The molecule has 20 heavy (non-hydrogen) atoms. The van der Waals surface area contributed by atoms with Crippen LogP contribution in [0.25, 0.3) is 5.82 Å². The lowest BCUT2D eigenvalue weighted by molar-refractivity contribution is 0.588. The maximum absolute atomic E-state index is 4.70. The van der Waals surface area contributed by atoms with Crippen LogP contribution in [-0.4, -0.2) is 38.4 Å². The van der Waals surface area contributed by atoms with Gasteiger partial charge in [0.2, 0.25) is 0 Å². The molecule has 0 aliphatic carbocycles. The first-order valence-electron chi connectivity index (χ1n) is 6.75. The average molecular weight is 286 g/mol. The summed E-state index contributed by atoms with van der Waals surface area (Å²) in [5.74, 6) is 1.84. The van der Waals surface area contributed by atoms with Crippen molar-refractivity contribution < 1.29 is 0 Å². The van der Waals surface area contributed by atoms with Gasteiger partial charge in [0.05, 0.1) is 0 Å². The molecule has 2 aromatic rings. The second-order valence-electron chi connectivity index (χ2n) is 6.11. The van der Waals surface area contributed by atoms with Crippen molar-refractivity contribution in [3.05, 3.63) is 30.0 Å². The molecule has 0 fully saturated rings. The fraction of sp³-hybridized carbons (Fsp3) is 0.467. The summed E-state index contributed by atoms with van der Waals surface area (Å²) in [6.45, 7) is 8.84. The summed E-state index contributed by atoms with van der Waals surface area (Å²) in [6, 6.07) is 6.34. The fourth-order valence-electron chi connectivity index (χ4n) is 1.87. The largest absolute Gasteiger partial charge is 0.361 e. The monoisotopic (exact) mass is 286 g/mol. The van der Waals surface area contributed by atoms with E-state index in [4.69, 9.17) is 4.98 Å². The topological polar surface area (TPSA) is 34.0 Å². The van der Waals surface area contributed by atoms with Crippen LogP contribution in [0.4, 0.5) is 5.82 Å². The highest BCUT2D eigenvalue weighted by molar-refractivity contribution is 6.50. The Morgan fingerprint density at radius 3 is 2.40 bits per heavy atom. The molecule has 0 unspecified atom stereocenters. The fourth-order valence-corrected chi connectivity index (χ4v) is 2.40. The van der Waals surface area contributed by atoms with E-state index in [2.05, 4.69) is 44.5 Å². The Morgan fingerprint density at radius 1 is 1.20 bits per heavy atom. The van der Waals surface area contributed by atoms with E-state index < -0.39 is 0 Å². The second kappa shape index (κ2) is 5.40. The molecule has 2 heterocycles. The SMILES string of the molecule is C[Si]c1cc(C(C)(C)C)cc(-n2ccc(N(C)C)n2)n1. The molecule has 0 saturated heterocycles. The lowest BCUT2D eigenvalue weighted by Crippen LogP contribution is -2.23. The molecule has 2 rings (SSSR count). The molecule has 0 aromatic carbocycles. The van der Waals surface area contributed by atoms with E-state index in [1.807, 2.05) is 35.9 Å². The third-order valence-corrected chi connectivity index (χ3v) is 3.97. The van der Waals surface area contributed by atoms with Gasteiger partial charge in [0.1, 0.15) is 9.52 Å². The molecule has 2 radical (unpaired) electrons. The Kier molecular flexibility index (Phi) is 3.99. The van der Waals surface area contributed by atoms with Crippen molar-refractivity contribution >= 4 is 20.7 Å². The minimum Gasteiger partial charge on any atom is -0.361 e. The van der Waals surface area contributed by atoms with Crippen molar-refractivity contribution in [2.24, 2.45) is 0 Å². The van der Waals surface area contributed by atoms with E-state index in [9.17, 15) is 0 Å². The van der Waals surface area contributed by atoms with Crippen molar-refractivity contribution in [3.8, 4) is 5.82 Å². The van der Waals surface area contributed by atoms with Crippen LogP contribution in [0.2, 0.25) is 6.55 Å². The predicted molar refractivity (Wildman–Crippen MR) is 85.6 cm³/mol. The van der Waals surface area contributed by atoms with Crippen LogP contribution in [0, 0.1) is 0 Å². The molecule has 0 saturated carbocycles. The van der Waals surface area contributed by atoms with E-state index in [1.165, 1.54) is 5.56 Å². The number of rotatable bonds is 3. The molecule has 0 spiro atoms. The highest BCUT2D eigenvalue weighted by atomic mass is 28.2. The van der Waals surface area contributed by atoms with Gasteiger partial charge in [-0.2, -0.15) is 0 Å². The third-order valence-electron chi connectivity index (χ3n) is 3.20. The zero-order valence-electron chi connectivity index (χ0n) is 13.1. The molecule has 0 aliphatic rings. The maximum atomic E-state index is 4.70. The van der Waals surface area contributed by atoms with Gasteiger partial charge in [-0.25, -0.2) is 9.67 Å². The Balaban J connectivity index is 2.49. The maximum Gasteiger partial charge on any atom is 0.153 e. The average Bonchev–Trinajstić information content (AvgIpc) is 2.87. The quantitative estimate of drug-likeness (QED) is 0.810. The minimum atomic E-state index is 0.115. The van der Waals surface area contributed by atoms with Crippen molar-refractivity contribution in [3.63, 3.8) is 0 Å². The lowest BCUT2D eigenvalue weighted by Gasteiger charge is -2.20. The smallest absolute Gasteiger partial charge is 0.153 e. The number of hydrogen-bond donors (Lipinski definition) is 0. The normalized spacial score (nSPS) is 11.7. The summed E-state index contributed by atoms with van der Waals surface area (Å²) in [6.07, 6.45) is 1.96. The van der Waals surface area contributed by atoms with Crippen LogP contribution in [0.5, 0.6) is 0 Å². The standard InChI is InChI=1S/C15H22N4Si/c1-15(2,3)11-9-13(16-14(10-11)20-6)19-8-7-12(17-19)18(4)5/h7-10H,1-6H3. The number of anilines is 1. The molecule has 0 bridgehead atoms. The number of hydrogen-bond acceptors (Lipinski definition) is 3. The van der Waals surface area contributed by atoms with Gasteiger partial charge in [-0.15, -0.1) is 5.10 Å². The molecular weight excluding hydrogens is 264 g/mol. The molecule has 0 amide bonds. The van der Waals surface area contributed by atoms with Crippen LogP contribution >= 0.6 is 0 Å². The highest BCUT2D eigenvalue weighted by Crippen LogP contribution is 2.22. The van der Waals surface area contributed by atoms with Crippen molar-refractivity contribution in [1.29, 1.82) is 0 Å². The minimum absolute atomic E-state index is 0.115. The zero-order chi connectivity index (χ0) is 14.9. The molecular formula is C15H22N4Si. The molecule has 0 N–H and O–H groups in total. The van der Waals surface area contributed by atoms with Crippen molar-refractivity contribution in [2.45, 2.75) is 32.7 Å². The van der Waals surface area contributed by atoms with Gasteiger partial charge in [-0.1, -0.05) is 27.3 Å². The van der Waals surface area contributed by atoms with Gasteiger partial charge >= 0.3 is 0 Å². The van der Waals surface area contributed by atoms with Gasteiger partial charge in [-0.3, -0.25) is 0 Å². The van der Waals surface area contributed by atoms with Gasteiger partial charge < -0.3 is 4.90 Å². The Morgan fingerprint density at radius 2 is 1.90 bits per heavy atom. The first-order valence-corrected chi connectivity index (χ1v) is 8.25. The Labute approximate surface area is 123 Å². The van der Waals surface area contributed by atoms with Crippen LogP contribution < -0.4 is 10.2 Å². The summed E-state index contributed by atoms with van der Waals surface area (Å²) in [4.78, 5) is 6.70. The second-order valence-corrected chi connectivity index (χ2v) is 7.12. The molecule has 106 valence electrons. The van der Waals surface area contributed by atoms with Crippen LogP contribution in [0.15, 0.2) is 24.4 Å². The third kappa shape index (κ3) is 3.09. The molecule has 2 aromatic heterocycles. The summed E-state index contributed by atoms with van der Waals surface area (Å²) in [5.41, 5.74) is 1.41. The number of nitrogens with zero attached hydrogens (tertiary/aromatic N) is 4. The molecule has 0 atom stereocenters. The summed E-state index contributed by atoms with van der Waals surface area (Å²) >= 11 is 0. The van der Waals surface area contributed by atoms with Gasteiger partial charge in [-0.05, 0) is 23.1 Å². The van der Waals surface area contributed by atoms with Crippen LogP contribution in [0.3, 0.4) is 0 Å². The molecule has 4 nitrogen and oxygen atoms in total. The molecule has 5 heteroatoms. The number of aromatic nitrogens is 3. The predicted octanol–water partition coefficient (Wildman–Crippen LogP) is 2.01. The zero-order valence-corrected chi connectivity index (χ0v) is 14.1. The van der Waals surface area contributed by atoms with Gasteiger partial charge in [0.15, 0.2) is 11.6 Å². The molecule has 0 aliphatic heterocycles. The van der Waals surface area contributed by atoms with E-state index >= 15 is 0 Å². The lowest BCUT2D eigenvalue weighted by atomic mass is 9.88. The summed E-state index contributed by atoms with van der Waals surface area (Å²) in [5, 5.41) is 5.70. The summed E-state index contributed by atoms with van der Waals surface area (Å²) < 4.78 is 1.86. The van der Waals surface area contributed by atoms with E-state index in [0.29, 0.717) is 9.52 Å². The first kappa shape index (κ1) is 14.8.